The topological polar surface area (TPSA) is 63.8 Å². The van der Waals surface area contributed by atoms with E-state index in [4.69, 9.17) is 5.73 Å². The van der Waals surface area contributed by atoms with Crippen molar-refractivity contribution >= 4 is 33.5 Å². The van der Waals surface area contributed by atoms with E-state index in [-0.39, 0.29) is 5.54 Å². The van der Waals surface area contributed by atoms with Crippen LogP contribution >= 0.6 is 11.3 Å². The first-order valence-corrected chi connectivity index (χ1v) is 7.26. The number of nitrogens with one attached hydrogen (secondary N) is 1. The molecule has 3 aromatic rings. The van der Waals surface area contributed by atoms with Gasteiger partial charge < -0.3 is 11.1 Å². The maximum absolute atomic E-state index is 6.02. The normalized spacial score (nSPS) is 11.7. The van der Waals surface area contributed by atoms with Gasteiger partial charge in [0.25, 0.3) is 0 Å². The van der Waals surface area contributed by atoms with Crippen LogP contribution < -0.4 is 11.1 Å². The standard InChI is InChI=1S/C15H16N4S/c1-15(2,14-18-7-8-20-14)19-13-4-3-12(16)10-5-6-17-9-11(10)13/h3-9,19H,16H2,1-2H3. The molecule has 0 atom stereocenters. The lowest BCUT2D eigenvalue weighted by Gasteiger charge is -2.26. The molecule has 0 amide bonds. The van der Waals surface area contributed by atoms with Gasteiger partial charge in [-0.1, -0.05) is 0 Å². The Bertz CT molecular complexity index is 735. The molecule has 0 fully saturated rings. The molecule has 20 heavy (non-hydrogen) atoms. The minimum absolute atomic E-state index is 0.243. The van der Waals surface area contributed by atoms with E-state index in [2.05, 4.69) is 29.1 Å². The first-order chi connectivity index (χ1) is 9.58. The van der Waals surface area contributed by atoms with Crippen molar-refractivity contribution in [3.05, 3.63) is 47.2 Å². The second kappa shape index (κ2) is 4.76. The van der Waals surface area contributed by atoms with Crippen molar-refractivity contribution in [2.24, 2.45) is 0 Å². The zero-order chi connectivity index (χ0) is 14.2. The SMILES string of the molecule is CC(C)(Nc1ccc(N)c2ccncc12)c1nccs1. The third kappa shape index (κ3) is 2.20. The van der Waals surface area contributed by atoms with Gasteiger partial charge in [0.05, 0.1) is 5.54 Å². The number of benzene rings is 1. The summed E-state index contributed by atoms with van der Waals surface area (Å²) in [4.78, 5) is 8.60. The predicted molar refractivity (Wildman–Crippen MR) is 84.9 cm³/mol. The van der Waals surface area contributed by atoms with E-state index in [1.807, 2.05) is 36.0 Å². The number of fused-ring (bicyclic) bond motifs is 1. The third-order valence-corrected chi connectivity index (χ3v) is 4.36. The van der Waals surface area contributed by atoms with Crippen LogP contribution in [0.15, 0.2) is 42.2 Å². The second-order valence-corrected chi connectivity index (χ2v) is 6.11. The molecule has 2 heterocycles. The number of nitrogen functional groups attached to an aromatic ring is 1. The third-order valence-electron chi connectivity index (χ3n) is 3.27. The fraction of sp³-hybridized carbons (Fsp3) is 0.200. The van der Waals surface area contributed by atoms with Gasteiger partial charge in [-0.15, -0.1) is 11.3 Å². The number of hydrogen-bond donors (Lipinski definition) is 2. The first kappa shape index (κ1) is 12.9. The van der Waals surface area contributed by atoms with Gasteiger partial charge in [0.2, 0.25) is 0 Å². The van der Waals surface area contributed by atoms with Gasteiger partial charge in [0, 0.05) is 46.1 Å². The Kier molecular flexibility index (Phi) is 3.06. The Morgan fingerprint density at radius 2 is 2.00 bits per heavy atom. The van der Waals surface area contributed by atoms with Gasteiger partial charge in [-0.2, -0.15) is 0 Å². The van der Waals surface area contributed by atoms with Crippen LogP contribution in [0.25, 0.3) is 10.8 Å². The fourth-order valence-electron chi connectivity index (χ4n) is 2.24. The molecule has 0 unspecified atom stereocenters. The molecule has 0 bridgehead atoms. The number of anilines is 2. The van der Waals surface area contributed by atoms with Crippen molar-refractivity contribution in [3.63, 3.8) is 0 Å². The molecular weight excluding hydrogens is 268 g/mol. The van der Waals surface area contributed by atoms with E-state index in [0.717, 1.165) is 27.2 Å². The van der Waals surface area contributed by atoms with E-state index in [1.165, 1.54) is 0 Å². The molecule has 0 aliphatic carbocycles. The van der Waals surface area contributed by atoms with E-state index in [0.29, 0.717) is 0 Å². The molecule has 102 valence electrons. The number of nitrogens with zero attached hydrogens (tertiary/aromatic N) is 2. The van der Waals surface area contributed by atoms with Crippen molar-refractivity contribution < 1.29 is 0 Å². The van der Waals surface area contributed by atoms with Gasteiger partial charge >= 0.3 is 0 Å². The summed E-state index contributed by atoms with van der Waals surface area (Å²) in [5.41, 5.74) is 7.55. The number of pyridine rings is 1. The fourth-order valence-corrected chi connectivity index (χ4v) is 2.96. The highest BCUT2D eigenvalue weighted by Crippen LogP contribution is 2.33. The molecule has 3 N–H and O–H groups in total. The minimum Gasteiger partial charge on any atom is -0.398 e. The Labute approximate surface area is 121 Å². The van der Waals surface area contributed by atoms with Crippen LogP contribution in [0.3, 0.4) is 0 Å². The van der Waals surface area contributed by atoms with Crippen LogP contribution in [0, 0.1) is 0 Å². The monoisotopic (exact) mass is 284 g/mol. The molecule has 0 saturated heterocycles. The lowest BCUT2D eigenvalue weighted by Crippen LogP contribution is -2.27. The maximum Gasteiger partial charge on any atom is 0.117 e. The van der Waals surface area contributed by atoms with Crippen LogP contribution in [0.2, 0.25) is 0 Å². The molecule has 5 heteroatoms. The van der Waals surface area contributed by atoms with E-state index < -0.39 is 0 Å². The Hall–Kier alpha value is -2.14. The Morgan fingerprint density at radius 3 is 2.75 bits per heavy atom. The highest BCUT2D eigenvalue weighted by molar-refractivity contribution is 7.09. The van der Waals surface area contributed by atoms with Crippen LogP contribution in [0.1, 0.15) is 18.9 Å². The largest absolute Gasteiger partial charge is 0.398 e. The zero-order valence-corrected chi connectivity index (χ0v) is 12.2. The van der Waals surface area contributed by atoms with Crippen molar-refractivity contribution in [3.8, 4) is 0 Å². The molecule has 2 aromatic heterocycles. The highest BCUT2D eigenvalue weighted by Gasteiger charge is 2.23. The van der Waals surface area contributed by atoms with E-state index >= 15 is 0 Å². The summed E-state index contributed by atoms with van der Waals surface area (Å²) in [6.07, 6.45) is 5.42. The van der Waals surface area contributed by atoms with E-state index in [9.17, 15) is 0 Å². The molecule has 0 aliphatic rings. The Balaban J connectivity index is 2.06. The molecule has 0 radical (unpaired) electrons. The number of thiazole rings is 1. The number of nitrogens with two attached hydrogens (primary N) is 1. The number of hydrogen-bond acceptors (Lipinski definition) is 5. The van der Waals surface area contributed by atoms with E-state index in [1.54, 1.807) is 17.5 Å². The molecular formula is C15H16N4S. The quantitative estimate of drug-likeness (QED) is 0.721. The van der Waals surface area contributed by atoms with Gasteiger partial charge in [0.1, 0.15) is 5.01 Å². The first-order valence-electron chi connectivity index (χ1n) is 6.38. The summed E-state index contributed by atoms with van der Waals surface area (Å²) in [5, 5.41) is 8.62. The van der Waals surface area contributed by atoms with Gasteiger partial charge in [-0.05, 0) is 32.0 Å². The Morgan fingerprint density at radius 1 is 1.15 bits per heavy atom. The van der Waals surface area contributed by atoms with Gasteiger partial charge in [-0.25, -0.2) is 4.98 Å². The second-order valence-electron chi connectivity index (χ2n) is 5.21. The molecule has 3 rings (SSSR count). The number of aromatic nitrogens is 2. The number of rotatable bonds is 3. The summed E-state index contributed by atoms with van der Waals surface area (Å²) in [6.45, 7) is 4.23. The van der Waals surface area contributed by atoms with Crippen molar-refractivity contribution in [1.29, 1.82) is 0 Å². The zero-order valence-electron chi connectivity index (χ0n) is 11.4. The average Bonchev–Trinajstić information content (AvgIpc) is 2.97. The maximum atomic E-state index is 6.02. The summed E-state index contributed by atoms with van der Waals surface area (Å²) < 4.78 is 0. The smallest absolute Gasteiger partial charge is 0.117 e. The lowest BCUT2D eigenvalue weighted by molar-refractivity contribution is 0.605. The lowest BCUT2D eigenvalue weighted by atomic mass is 10.0. The molecule has 0 aliphatic heterocycles. The van der Waals surface area contributed by atoms with Gasteiger partial charge in [0.15, 0.2) is 0 Å². The molecule has 1 aromatic carbocycles. The van der Waals surface area contributed by atoms with Crippen molar-refractivity contribution in [1.82, 2.24) is 9.97 Å². The summed E-state index contributed by atoms with van der Waals surface area (Å²) in [6, 6.07) is 5.85. The molecule has 4 nitrogen and oxygen atoms in total. The molecule has 0 saturated carbocycles. The molecule has 0 spiro atoms. The highest BCUT2D eigenvalue weighted by atomic mass is 32.1. The average molecular weight is 284 g/mol. The summed E-state index contributed by atoms with van der Waals surface area (Å²) in [7, 11) is 0. The predicted octanol–water partition coefficient (Wildman–Crippen LogP) is 3.62. The van der Waals surface area contributed by atoms with Crippen LogP contribution in [-0.2, 0) is 5.54 Å². The van der Waals surface area contributed by atoms with Crippen LogP contribution in [0.5, 0.6) is 0 Å². The van der Waals surface area contributed by atoms with Crippen LogP contribution in [0.4, 0.5) is 11.4 Å². The van der Waals surface area contributed by atoms with Gasteiger partial charge in [-0.3, -0.25) is 4.98 Å². The van der Waals surface area contributed by atoms with Crippen molar-refractivity contribution in [2.45, 2.75) is 19.4 Å². The minimum atomic E-state index is -0.243. The van der Waals surface area contributed by atoms with Crippen LogP contribution in [-0.4, -0.2) is 9.97 Å². The summed E-state index contributed by atoms with van der Waals surface area (Å²) in [5.74, 6) is 0. The summed E-state index contributed by atoms with van der Waals surface area (Å²) >= 11 is 1.64. The van der Waals surface area contributed by atoms with Crippen molar-refractivity contribution in [2.75, 3.05) is 11.1 Å².